The highest BCUT2D eigenvalue weighted by atomic mass is 79.9. The molecule has 0 atom stereocenters. The van der Waals surface area contributed by atoms with Crippen molar-refractivity contribution in [2.45, 2.75) is 19.3 Å². The molecule has 1 saturated heterocycles. The molecule has 1 heterocycles. The van der Waals surface area contributed by atoms with Gasteiger partial charge in [-0.3, -0.25) is 4.79 Å². The Balaban J connectivity index is 1.88. The molecule has 0 radical (unpaired) electrons. The van der Waals surface area contributed by atoms with E-state index in [2.05, 4.69) is 26.1 Å². The number of carbonyl (C=O) groups is 1. The highest BCUT2D eigenvalue weighted by Gasteiger charge is 2.18. The van der Waals surface area contributed by atoms with Crippen LogP contribution in [0, 0.1) is 11.6 Å². The number of hydrogen-bond donors (Lipinski definition) is 1. The van der Waals surface area contributed by atoms with Gasteiger partial charge in [-0.25, -0.2) is 8.78 Å². The summed E-state index contributed by atoms with van der Waals surface area (Å²) >= 11 is 3.19. The third-order valence-corrected chi connectivity index (χ3v) is 4.74. The van der Waals surface area contributed by atoms with Crippen LogP contribution in [0.2, 0.25) is 0 Å². The van der Waals surface area contributed by atoms with E-state index >= 15 is 0 Å². The zero-order valence-electron chi connectivity index (χ0n) is 13.0. The van der Waals surface area contributed by atoms with Gasteiger partial charge in [0.25, 0.3) is 5.91 Å². The maximum absolute atomic E-state index is 13.7. The Labute approximate surface area is 147 Å². The van der Waals surface area contributed by atoms with E-state index in [1.807, 2.05) is 0 Å². The Hall–Kier alpha value is -1.95. The van der Waals surface area contributed by atoms with E-state index in [1.54, 1.807) is 6.07 Å². The van der Waals surface area contributed by atoms with Crippen LogP contribution in [0.5, 0.6) is 0 Å². The van der Waals surface area contributed by atoms with Crippen molar-refractivity contribution in [3.8, 4) is 0 Å². The highest BCUT2D eigenvalue weighted by molar-refractivity contribution is 9.10. The number of benzene rings is 2. The van der Waals surface area contributed by atoms with Gasteiger partial charge in [-0.1, -0.05) is 0 Å². The molecule has 1 aliphatic rings. The smallest absolute Gasteiger partial charge is 0.256 e. The van der Waals surface area contributed by atoms with Crippen molar-refractivity contribution < 1.29 is 13.6 Å². The third kappa shape index (κ3) is 3.75. The Morgan fingerprint density at radius 2 is 1.67 bits per heavy atom. The van der Waals surface area contributed by atoms with Crippen molar-refractivity contribution in [2.24, 2.45) is 0 Å². The topological polar surface area (TPSA) is 32.3 Å². The van der Waals surface area contributed by atoms with Crippen molar-refractivity contribution in [2.75, 3.05) is 23.3 Å². The molecule has 0 aliphatic carbocycles. The number of hydrogen-bond acceptors (Lipinski definition) is 2. The van der Waals surface area contributed by atoms with E-state index in [9.17, 15) is 13.6 Å². The molecule has 1 amide bonds. The summed E-state index contributed by atoms with van der Waals surface area (Å²) in [5, 5.41) is 2.75. The summed E-state index contributed by atoms with van der Waals surface area (Å²) in [5.74, 6) is -1.26. The molecule has 126 valence electrons. The minimum absolute atomic E-state index is 0.297. The fourth-order valence-electron chi connectivity index (χ4n) is 2.88. The number of anilines is 2. The summed E-state index contributed by atoms with van der Waals surface area (Å²) in [7, 11) is 0. The average molecular weight is 395 g/mol. The Kier molecular flexibility index (Phi) is 5.14. The zero-order valence-corrected chi connectivity index (χ0v) is 14.6. The Bertz CT molecular complexity index is 761. The van der Waals surface area contributed by atoms with E-state index in [0.29, 0.717) is 15.7 Å². The molecule has 2 aromatic carbocycles. The van der Waals surface area contributed by atoms with Gasteiger partial charge in [-0.15, -0.1) is 0 Å². The first kappa shape index (κ1) is 16.9. The van der Waals surface area contributed by atoms with Crippen LogP contribution in [0.15, 0.2) is 40.9 Å². The largest absolute Gasteiger partial charge is 0.370 e. The molecular formula is C18H17BrF2N2O. The summed E-state index contributed by atoms with van der Waals surface area (Å²) in [4.78, 5) is 14.6. The maximum atomic E-state index is 13.7. The van der Waals surface area contributed by atoms with Gasteiger partial charge >= 0.3 is 0 Å². The monoisotopic (exact) mass is 394 g/mol. The van der Waals surface area contributed by atoms with Crippen molar-refractivity contribution in [1.29, 1.82) is 0 Å². The molecule has 0 saturated carbocycles. The average Bonchev–Trinajstić information content (AvgIpc) is 2.55. The van der Waals surface area contributed by atoms with Crippen LogP contribution in [0.4, 0.5) is 20.2 Å². The van der Waals surface area contributed by atoms with E-state index in [1.165, 1.54) is 36.8 Å². The molecule has 3 rings (SSSR count). The van der Waals surface area contributed by atoms with Crippen LogP contribution in [-0.2, 0) is 0 Å². The minimum Gasteiger partial charge on any atom is -0.370 e. The third-order valence-electron chi connectivity index (χ3n) is 4.08. The summed E-state index contributed by atoms with van der Waals surface area (Å²) < 4.78 is 27.2. The second kappa shape index (κ2) is 7.30. The second-order valence-electron chi connectivity index (χ2n) is 5.79. The van der Waals surface area contributed by atoms with Crippen molar-refractivity contribution in [3.63, 3.8) is 0 Å². The van der Waals surface area contributed by atoms with Crippen LogP contribution in [0.25, 0.3) is 0 Å². The van der Waals surface area contributed by atoms with Crippen molar-refractivity contribution >= 4 is 33.2 Å². The predicted octanol–water partition coefficient (Wildman–Crippen LogP) is 4.97. The molecule has 0 spiro atoms. The van der Waals surface area contributed by atoms with Crippen molar-refractivity contribution in [1.82, 2.24) is 0 Å². The molecule has 0 aromatic heterocycles. The SMILES string of the molecule is O=C(Nc1cc(F)ccc1N1CCCCC1)c1ccc(F)cc1Br. The van der Waals surface area contributed by atoms with Gasteiger partial charge in [-0.05, 0) is 71.6 Å². The number of piperidine rings is 1. The summed E-state index contributed by atoms with van der Waals surface area (Å²) in [6, 6.07) is 8.25. The molecule has 1 N–H and O–H groups in total. The summed E-state index contributed by atoms with van der Waals surface area (Å²) in [6.07, 6.45) is 3.34. The van der Waals surface area contributed by atoms with Crippen LogP contribution in [0.3, 0.4) is 0 Å². The van der Waals surface area contributed by atoms with E-state index in [-0.39, 0.29) is 0 Å². The minimum atomic E-state index is -0.432. The molecule has 6 heteroatoms. The van der Waals surface area contributed by atoms with Crippen molar-refractivity contribution in [3.05, 3.63) is 58.1 Å². The normalized spacial score (nSPS) is 14.5. The van der Waals surface area contributed by atoms with E-state index in [0.717, 1.165) is 31.6 Å². The quantitative estimate of drug-likeness (QED) is 0.796. The first-order valence-corrected chi connectivity index (χ1v) is 8.65. The number of halogens is 3. The predicted molar refractivity (Wildman–Crippen MR) is 94.5 cm³/mol. The lowest BCUT2D eigenvalue weighted by molar-refractivity contribution is 0.102. The van der Waals surface area contributed by atoms with E-state index < -0.39 is 17.5 Å². The van der Waals surface area contributed by atoms with E-state index in [4.69, 9.17) is 0 Å². The van der Waals surface area contributed by atoms with Crippen LogP contribution >= 0.6 is 15.9 Å². The Morgan fingerprint density at radius 3 is 2.38 bits per heavy atom. The number of nitrogens with one attached hydrogen (secondary N) is 1. The highest BCUT2D eigenvalue weighted by Crippen LogP contribution is 2.30. The van der Waals surface area contributed by atoms with Gasteiger partial charge in [0.05, 0.1) is 16.9 Å². The van der Waals surface area contributed by atoms with Gasteiger partial charge in [-0.2, -0.15) is 0 Å². The van der Waals surface area contributed by atoms with Crippen LogP contribution in [0.1, 0.15) is 29.6 Å². The Morgan fingerprint density at radius 1 is 1.00 bits per heavy atom. The van der Waals surface area contributed by atoms with Gasteiger partial charge in [0.15, 0.2) is 0 Å². The van der Waals surface area contributed by atoms with Gasteiger partial charge in [0.1, 0.15) is 11.6 Å². The molecule has 24 heavy (non-hydrogen) atoms. The van der Waals surface area contributed by atoms with Crippen LogP contribution in [-0.4, -0.2) is 19.0 Å². The lowest BCUT2D eigenvalue weighted by Gasteiger charge is -2.30. The van der Waals surface area contributed by atoms with Crippen LogP contribution < -0.4 is 10.2 Å². The molecule has 1 fully saturated rings. The molecule has 0 bridgehead atoms. The fraction of sp³-hybridized carbons (Fsp3) is 0.278. The summed E-state index contributed by atoms with van der Waals surface area (Å²) in [6.45, 7) is 1.77. The summed E-state index contributed by atoms with van der Waals surface area (Å²) in [5.41, 5.74) is 1.53. The fourth-order valence-corrected chi connectivity index (χ4v) is 3.41. The first-order chi connectivity index (χ1) is 11.5. The number of rotatable bonds is 3. The first-order valence-electron chi connectivity index (χ1n) is 7.85. The van der Waals surface area contributed by atoms with Gasteiger partial charge in [0, 0.05) is 17.6 Å². The lowest BCUT2D eigenvalue weighted by atomic mass is 10.1. The van der Waals surface area contributed by atoms with Gasteiger partial charge < -0.3 is 10.2 Å². The molecule has 2 aromatic rings. The number of amides is 1. The van der Waals surface area contributed by atoms with Gasteiger partial charge in [0.2, 0.25) is 0 Å². The zero-order chi connectivity index (χ0) is 17.1. The second-order valence-corrected chi connectivity index (χ2v) is 6.64. The maximum Gasteiger partial charge on any atom is 0.256 e. The lowest BCUT2D eigenvalue weighted by Crippen LogP contribution is -2.30. The molecule has 3 nitrogen and oxygen atoms in total. The molecular weight excluding hydrogens is 378 g/mol. The molecule has 0 unspecified atom stereocenters. The number of nitrogens with zero attached hydrogens (tertiary/aromatic N) is 1. The standard InChI is InChI=1S/C18H17BrF2N2O/c19-15-10-12(20)4-6-14(15)18(24)22-16-11-13(21)5-7-17(16)23-8-2-1-3-9-23/h4-7,10-11H,1-3,8-9H2,(H,22,24). The number of carbonyl (C=O) groups excluding carboxylic acids is 1. The molecule has 1 aliphatic heterocycles.